The minimum Gasteiger partial charge on any atom is -0.507 e. The molecule has 0 aliphatic carbocycles. The van der Waals surface area contributed by atoms with Crippen molar-refractivity contribution < 1.29 is 50.3 Å². The first-order chi connectivity index (χ1) is 11.8. The van der Waals surface area contributed by atoms with Gasteiger partial charge >= 0.3 is 18.1 Å². The molecule has 0 radical (unpaired) electrons. The van der Waals surface area contributed by atoms with Crippen LogP contribution in [-0.4, -0.2) is 48.0 Å². The number of esters is 2. The van der Waals surface area contributed by atoms with Gasteiger partial charge in [0, 0.05) is 6.07 Å². The van der Waals surface area contributed by atoms with Crippen LogP contribution < -0.4 is 4.74 Å². The molecule has 13 heteroatoms. The lowest BCUT2D eigenvalue weighted by atomic mass is 10.3. The van der Waals surface area contributed by atoms with Crippen molar-refractivity contribution >= 4 is 44.6 Å². The van der Waals surface area contributed by atoms with E-state index in [0.717, 1.165) is 6.07 Å². The molecule has 26 heavy (non-hydrogen) atoms. The zero-order valence-corrected chi connectivity index (χ0v) is 15.7. The van der Waals surface area contributed by atoms with E-state index in [1.807, 2.05) is 22.6 Å². The lowest BCUT2D eigenvalue weighted by Gasteiger charge is -2.19. The van der Waals surface area contributed by atoms with Gasteiger partial charge in [0.05, 0.1) is 16.4 Å². The minimum atomic E-state index is -5.22. The molecule has 1 rings (SSSR count). The first-order valence-electron chi connectivity index (χ1n) is 6.68. The number of halogens is 4. The highest BCUT2D eigenvalue weighted by atomic mass is 127. The smallest absolute Gasteiger partial charge is 0.426 e. The lowest BCUT2D eigenvalue weighted by Crippen LogP contribution is -2.39. The fraction of sp³-hybridized carbons (Fsp3) is 0.385. The number of aromatic hydroxyl groups is 1. The number of alkyl halides is 3. The monoisotopic (exact) mass is 512 g/mol. The maximum absolute atomic E-state index is 12.6. The van der Waals surface area contributed by atoms with Crippen LogP contribution in [0, 0.1) is 3.57 Å². The molecular formula is C13H12F3IO8S. The van der Waals surface area contributed by atoms with E-state index in [1.165, 1.54) is 12.1 Å². The summed E-state index contributed by atoms with van der Waals surface area (Å²) >= 11 is 1.82. The first kappa shape index (κ1) is 22.4. The second-order valence-corrected chi connectivity index (χ2v) is 7.52. The fourth-order valence-electron chi connectivity index (χ4n) is 1.55. The van der Waals surface area contributed by atoms with E-state index in [0.29, 0.717) is 3.57 Å². The summed E-state index contributed by atoms with van der Waals surface area (Å²) in [6.07, 6.45) is -9.74. The second-order valence-electron chi connectivity index (χ2n) is 4.86. The second kappa shape index (κ2) is 8.85. The molecule has 0 aliphatic rings. The van der Waals surface area contributed by atoms with Crippen LogP contribution in [0.1, 0.15) is 12.8 Å². The number of carbonyl (C=O) groups excluding carboxylic acids is 2. The third kappa shape index (κ3) is 8.18. The average Bonchev–Trinajstić information content (AvgIpc) is 2.46. The molecule has 1 aromatic carbocycles. The molecule has 2 N–H and O–H groups in total. The molecular weight excluding hydrogens is 500 g/mol. The normalized spacial score (nSPS) is 13.1. The number of carbonyl (C=O) groups is 2. The number of ether oxygens (including phenoxy) is 2. The number of benzene rings is 1. The van der Waals surface area contributed by atoms with E-state index in [-0.39, 0.29) is 11.5 Å². The predicted octanol–water partition coefficient (Wildman–Crippen LogP) is 2.04. The maximum atomic E-state index is 12.6. The number of phenolic OH excluding ortho intramolecular Hbond substituents is 1. The summed E-state index contributed by atoms with van der Waals surface area (Å²) in [5, 5.41) is 9.45. The summed E-state index contributed by atoms with van der Waals surface area (Å²) in [4.78, 5) is 22.9. The van der Waals surface area contributed by atoms with Crippen LogP contribution in [0.3, 0.4) is 0 Å². The molecule has 0 aliphatic heterocycles. The Morgan fingerprint density at radius 2 is 1.77 bits per heavy atom. The summed E-state index contributed by atoms with van der Waals surface area (Å²) in [5.41, 5.74) is 0. The molecule has 1 aromatic rings. The van der Waals surface area contributed by atoms with Crippen LogP contribution in [0.15, 0.2) is 18.2 Å². The van der Waals surface area contributed by atoms with Crippen molar-refractivity contribution in [2.45, 2.75) is 25.1 Å². The zero-order chi connectivity index (χ0) is 20.1. The van der Waals surface area contributed by atoms with Gasteiger partial charge in [-0.1, -0.05) is 0 Å². The van der Waals surface area contributed by atoms with E-state index in [1.54, 1.807) is 0 Å². The molecule has 0 amide bonds. The third-order valence-electron chi connectivity index (χ3n) is 2.68. The van der Waals surface area contributed by atoms with E-state index in [2.05, 4.69) is 4.74 Å². The van der Waals surface area contributed by atoms with E-state index >= 15 is 0 Å². The SMILES string of the molecule is O=C(CCC(=O)OC(CS(=O)(=O)O)C(F)(F)F)Oc1ccc(I)c(O)c1. The van der Waals surface area contributed by atoms with Crippen molar-refractivity contribution in [3.8, 4) is 11.5 Å². The number of hydrogen-bond acceptors (Lipinski definition) is 7. The molecule has 0 fully saturated rings. The van der Waals surface area contributed by atoms with E-state index in [4.69, 9.17) is 9.29 Å². The van der Waals surface area contributed by atoms with Gasteiger partial charge in [-0.3, -0.25) is 14.1 Å². The lowest BCUT2D eigenvalue weighted by molar-refractivity contribution is -0.215. The molecule has 0 aromatic heterocycles. The minimum absolute atomic E-state index is 0.0409. The van der Waals surface area contributed by atoms with Crippen LogP contribution in [0.5, 0.6) is 11.5 Å². The van der Waals surface area contributed by atoms with E-state index < -0.39 is 52.9 Å². The summed E-state index contributed by atoms with van der Waals surface area (Å²) in [6, 6.07) is 3.92. The molecule has 8 nitrogen and oxygen atoms in total. The van der Waals surface area contributed by atoms with Gasteiger partial charge in [0.1, 0.15) is 17.3 Å². The Morgan fingerprint density at radius 3 is 2.27 bits per heavy atom. The highest BCUT2D eigenvalue weighted by Crippen LogP contribution is 2.26. The van der Waals surface area contributed by atoms with Crippen molar-refractivity contribution in [2.24, 2.45) is 0 Å². The Kier molecular flexibility index (Phi) is 7.64. The van der Waals surface area contributed by atoms with Gasteiger partial charge < -0.3 is 14.6 Å². The molecule has 0 heterocycles. The van der Waals surface area contributed by atoms with Gasteiger partial charge in [0.25, 0.3) is 10.1 Å². The molecule has 0 spiro atoms. The topological polar surface area (TPSA) is 127 Å². The van der Waals surface area contributed by atoms with Crippen molar-refractivity contribution in [1.82, 2.24) is 0 Å². The van der Waals surface area contributed by atoms with Gasteiger partial charge in [0.15, 0.2) is 0 Å². The molecule has 0 saturated heterocycles. The molecule has 0 bridgehead atoms. The van der Waals surface area contributed by atoms with E-state index in [9.17, 15) is 36.3 Å². The summed E-state index contributed by atoms with van der Waals surface area (Å²) in [5.74, 6) is -4.54. The van der Waals surface area contributed by atoms with Crippen molar-refractivity contribution in [3.63, 3.8) is 0 Å². The van der Waals surface area contributed by atoms with Gasteiger partial charge in [0.2, 0.25) is 6.10 Å². The van der Waals surface area contributed by atoms with Crippen LogP contribution in [0.2, 0.25) is 0 Å². The van der Waals surface area contributed by atoms with Crippen LogP contribution in [0.4, 0.5) is 13.2 Å². The Bertz CT molecular complexity index is 778. The Morgan fingerprint density at radius 1 is 1.19 bits per heavy atom. The van der Waals surface area contributed by atoms with Crippen LogP contribution in [-0.2, 0) is 24.4 Å². The largest absolute Gasteiger partial charge is 0.507 e. The van der Waals surface area contributed by atoms with Crippen LogP contribution in [0.25, 0.3) is 0 Å². The van der Waals surface area contributed by atoms with Gasteiger partial charge in [-0.15, -0.1) is 0 Å². The molecule has 1 unspecified atom stereocenters. The number of hydrogen-bond donors (Lipinski definition) is 2. The third-order valence-corrected chi connectivity index (χ3v) is 4.32. The Hall–Kier alpha value is -1.61. The summed E-state index contributed by atoms with van der Waals surface area (Å²) in [6.45, 7) is 0. The van der Waals surface area contributed by atoms with Crippen LogP contribution >= 0.6 is 22.6 Å². The maximum Gasteiger partial charge on any atom is 0.426 e. The number of rotatable bonds is 7. The van der Waals surface area contributed by atoms with Crippen molar-refractivity contribution in [2.75, 3.05) is 5.75 Å². The van der Waals surface area contributed by atoms with Gasteiger partial charge in [-0.05, 0) is 34.7 Å². The fourth-order valence-corrected chi connectivity index (χ4v) is 2.52. The molecule has 1 atom stereocenters. The standard InChI is InChI=1S/C13H12F3IO8S/c14-13(15,16)10(6-26(21,22)23)25-12(20)4-3-11(19)24-7-1-2-8(17)9(18)5-7/h1-2,5,10,18H,3-4,6H2,(H,21,22,23). The number of phenols is 1. The molecule has 146 valence electrons. The van der Waals surface area contributed by atoms with Crippen molar-refractivity contribution in [3.05, 3.63) is 21.8 Å². The van der Waals surface area contributed by atoms with Gasteiger partial charge in [-0.25, -0.2) is 0 Å². The summed E-state index contributed by atoms with van der Waals surface area (Å²) in [7, 11) is -5.04. The predicted molar refractivity (Wildman–Crippen MR) is 88.0 cm³/mol. The average molecular weight is 512 g/mol. The first-order valence-corrected chi connectivity index (χ1v) is 9.37. The Labute approximate surface area is 159 Å². The van der Waals surface area contributed by atoms with Crippen molar-refractivity contribution in [1.29, 1.82) is 0 Å². The quantitative estimate of drug-likeness (QED) is 0.246. The summed E-state index contributed by atoms with van der Waals surface area (Å²) < 4.78 is 76.6. The zero-order valence-electron chi connectivity index (χ0n) is 12.7. The van der Waals surface area contributed by atoms with Gasteiger partial charge in [-0.2, -0.15) is 21.6 Å². The Balaban J connectivity index is 2.58. The highest BCUT2D eigenvalue weighted by Gasteiger charge is 2.45. The highest BCUT2D eigenvalue weighted by molar-refractivity contribution is 14.1. The molecule has 0 saturated carbocycles.